The topological polar surface area (TPSA) is 34.1 Å². The molecule has 4 rings (SSSR count). The lowest BCUT2D eigenvalue weighted by Gasteiger charge is -2.20. The predicted molar refractivity (Wildman–Crippen MR) is 74.8 cm³/mol. The van der Waals surface area contributed by atoms with Crippen LogP contribution in [0, 0.1) is 0 Å². The second kappa shape index (κ2) is 3.45. The second-order valence-electron chi connectivity index (χ2n) is 4.66. The minimum atomic E-state index is -3.41. The number of hydrogen-bond acceptors (Lipinski definition) is 2. The van der Waals surface area contributed by atoms with Crippen LogP contribution in [0.25, 0.3) is 21.9 Å². The Morgan fingerprint density at radius 1 is 0.632 bits per heavy atom. The average Bonchev–Trinajstić information content (AvgIpc) is 2.45. The molecule has 2 nitrogen and oxygen atoms in total. The van der Waals surface area contributed by atoms with E-state index in [-0.39, 0.29) is 0 Å². The van der Waals surface area contributed by atoms with Crippen LogP contribution < -0.4 is 0 Å². The molecule has 1 heterocycles. The maximum absolute atomic E-state index is 12.7. The van der Waals surface area contributed by atoms with Crippen LogP contribution in [0.5, 0.6) is 0 Å². The van der Waals surface area contributed by atoms with Crippen molar-refractivity contribution in [3.05, 3.63) is 60.7 Å². The molecule has 3 aromatic rings. The molecule has 3 aromatic carbocycles. The Balaban J connectivity index is 2.36. The van der Waals surface area contributed by atoms with E-state index in [0.29, 0.717) is 9.79 Å². The van der Waals surface area contributed by atoms with E-state index in [2.05, 4.69) is 0 Å². The fourth-order valence-electron chi connectivity index (χ4n) is 2.80. The highest BCUT2D eigenvalue weighted by Gasteiger charge is 2.29. The quantitative estimate of drug-likeness (QED) is 0.487. The summed E-state index contributed by atoms with van der Waals surface area (Å²) in [4.78, 5) is 0.820. The molecule has 3 heteroatoms. The van der Waals surface area contributed by atoms with Crippen LogP contribution in [0.2, 0.25) is 0 Å². The van der Waals surface area contributed by atoms with Gasteiger partial charge in [0.2, 0.25) is 9.84 Å². The summed E-state index contributed by atoms with van der Waals surface area (Å²) in [5.74, 6) is 0. The van der Waals surface area contributed by atoms with Gasteiger partial charge in [0, 0.05) is 10.9 Å². The molecular weight excluding hydrogens is 256 g/mol. The zero-order valence-electron chi connectivity index (χ0n) is 10.00. The lowest BCUT2D eigenvalue weighted by atomic mass is 9.98. The molecule has 19 heavy (non-hydrogen) atoms. The summed E-state index contributed by atoms with van der Waals surface area (Å²) in [7, 11) is -3.41. The molecule has 0 saturated carbocycles. The van der Waals surface area contributed by atoms with Crippen molar-refractivity contribution in [2.45, 2.75) is 9.79 Å². The van der Waals surface area contributed by atoms with Gasteiger partial charge in [0.1, 0.15) is 0 Å². The molecule has 0 N–H and O–H groups in total. The van der Waals surface area contributed by atoms with Gasteiger partial charge >= 0.3 is 0 Å². The number of hydrogen-bond donors (Lipinski definition) is 0. The third-order valence-corrected chi connectivity index (χ3v) is 5.48. The van der Waals surface area contributed by atoms with Crippen molar-refractivity contribution in [3.63, 3.8) is 0 Å². The molecule has 1 aliphatic rings. The molecule has 0 radical (unpaired) electrons. The van der Waals surface area contributed by atoms with Crippen LogP contribution in [0.15, 0.2) is 70.5 Å². The minimum absolute atomic E-state index is 0.404. The first-order valence-electron chi connectivity index (χ1n) is 6.06. The van der Waals surface area contributed by atoms with E-state index in [1.807, 2.05) is 36.4 Å². The smallest absolute Gasteiger partial charge is 0.207 e. The maximum Gasteiger partial charge on any atom is 0.207 e. The van der Waals surface area contributed by atoms with E-state index in [1.54, 1.807) is 24.3 Å². The van der Waals surface area contributed by atoms with E-state index >= 15 is 0 Å². The minimum Gasteiger partial charge on any atom is -0.218 e. The van der Waals surface area contributed by atoms with Crippen molar-refractivity contribution in [3.8, 4) is 11.1 Å². The van der Waals surface area contributed by atoms with Crippen molar-refractivity contribution in [2.24, 2.45) is 0 Å². The van der Waals surface area contributed by atoms with Crippen molar-refractivity contribution in [2.75, 3.05) is 0 Å². The number of sulfone groups is 1. The van der Waals surface area contributed by atoms with Gasteiger partial charge < -0.3 is 0 Å². The molecule has 0 saturated heterocycles. The first kappa shape index (κ1) is 10.8. The van der Waals surface area contributed by atoms with Gasteiger partial charge in [-0.05, 0) is 23.1 Å². The van der Waals surface area contributed by atoms with Crippen molar-refractivity contribution in [1.82, 2.24) is 0 Å². The predicted octanol–water partition coefficient (Wildman–Crippen LogP) is 3.65. The first-order chi connectivity index (χ1) is 9.19. The molecule has 1 aliphatic heterocycles. The summed E-state index contributed by atoms with van der Waals surface area (Å²) in [6, 6.07) is 18.5. The lowest BCUT2D eigenvalue weighted by Crippen LogP contribution is -2.09. The summed E-state index contributed by atoms with van der Waals surface area (Å²) in [5.41, 5.74) is 1.80. The number of rotatable bonds is 0. The molecule has 0 atom stereocenters. The van der Waals surface area contributed by atoms with Gasteiger partial charge in [-0.1, -0.05) is 48.5 Å². The highest BCUT2D eigenvalue weighted by molar-refractivity contribution is 7.92. The third kappa shape index (κ3) is 1.28. The van der Waals surface area contributed by atoms with E-state index in [1.165, 1.54) is 0 Å². The molecule has 0 spiro atoms. The lowest BCUT2D eigenvalue weighted by molar-refractivity contribution is 0.597. The van der Waals surface area contributed by atoms with E-state index in [0.717, 1.165) is 21.9 Å². The van der Waals surface area contributed by atoms with Crippen LogP contribution in [0.3, 0.4) is 0 Å². The van der Waals surface area contributed by atoms with Gasteiger partial charge in [0.25, 0.3) is 0 Å². The van der Waals surface area contributed by atoms with Gasteiger partial charge in [-0.15, -0.1) is 0 Å². The number of fused-ring (bicyclic) bond motifs is 2. The fourth-order valence-corrected chi connectivity index (χ4v) is 4.51. The Hall–Kier alpha value is -2.13. The van der Waals surface area contributed by atoms with Crippen LogP contribution in [0.1, 0.15) is 0 Å². The van der Waals surface area contributed by atoms with Crippen molar-refractivity contribution in [1.29, 1.82) is 0 Å². The van der Waals surface area contributed by atoms with Crippen molar-refractivity contribution >= 4 is 20.6 Å². The molecule has 0 aromatic heterocycles. The largest absolute Gasteiger partial charge is 0.218 e. The van der Waals surface area contributed by atoms with Crippen LogP contribution in [-0.2, 0) is 9.84 Å². The molecule has 92 valence electrons. The molecule has 0 unspecified atom stereocenters. The van der Waals surface area contributed by atoms with Crippen LogP contribution in [-0.4, -0.2) is 8.42 Å². The summed E-state index contributed by atoms with van der Waals surface area (Å²) >= 11 is 0. The summed E-state index contributed by atoms with van der Waals surface area (Å²) in [5, 5.41) is 1.80. The Morgan fingerprint density at radius 3 is 2.11 bits per heavy atom. The van der Waals surface area contributed by atoms with Gasteiger partial charge in [0.05, 0.1) is 9.79 Å². The highest BCUT2D eigenvalue weighted by Crippen LogP contribution is 2.43. The fraction of sp³-hybridized carbons (Fsp3) is 0. The monoisotopic (exact) mass is 266 g/mol. The van der Waals surface area contributed by atoms with Gasteiger partial charge in [-0.2, -0.15) is 0 Å². The van der Waals surface area contributed by atoms with Crippen LogP contribution >= 0.6 is 0 Å². The highest BCUT2D eigenvalue weighted by atomic mass is 32.2. The summed E-state index contributed by atoms with van der Waals surface area (Å²) in [6.07, 6.45) is 0. The van der Waals surface area contributed by atoms with Gasteiger partial charge in [0.15, 0.2) is 0 Å². The van der Waals surface area contributed by atoms with Gasteiger partial charge in [-0.25, -0.2) is 8.42 Å². The summed E-state index contributed by atoms with van der Waals surface area (Å²) in [6.45, 7) is 0. The molecule has 0 aliphatic carbocycles. The zero-order chi connectivity index (χ0) is 13.0. The molecule has 0 bridgehead atoms. The SMILES string of the molecule is O=S1(=O)c2ccccc2-c2cccc3cccc1c23. The average molecular weight is 266 g/mol. The second-order valence-corrected chi connectivity index (χ2v) is 6.55. The first-order valence-corrected chi connectivity index (χ1v) is 7.54. The summed E-state index contributed by atoms with van der Waals surface area (Å²) < 4.78 is 25.4. The van der Waals surface area contributed by atoms with Crippen LogP contribution in [0.4, 0.5) is 0 Å². The van der Waals surface area contributed by atoms with Gasteiger partial charge in [-0.3, -0.25) is 0 Å². The molecule has 0 fully saturated rings. The van der Waals surface area contributed by atoms with E-state index in [4.69, 9.17) is 0 Å². The molecule has 0 amide bonds. The van der Waals surface area contributed by atoms with E-state index < -0.39 is 9.84 Å². The maximum atomic E-state index is 12.7. The molecular formula is C16H10O2S. The van der Waals surface area contributed by atoms with E-state index in [9.17, 15) is 8.42 Å². The normalized spacial score (nSPS) is 15.2. The Kier molecular flexibility index (Phi) is 1.96. The van der Waals surface area contributed by atoms with Crippen molar-refractivity contribution < 1.29 is 8.42 Å². The Morgan fingerprint density at radius 2 is 1.26 bits per heavy atom. The third-order valence-electron chi connectivity index (χ3n) is 3.62. The standard InChI is InChI=1S/C16H10O2S/c17-19(18)14-9-2-1-7-12(14)13-8-3-5-11-6-4-10-15(19)16(11)13/h1-10H. The Labute approximate surface area is 111 Å². The number of benzene rings is 3. The zero-order valence-corrected chi connectivity index (χ0v) is 10.8. The Bertz CT molecular complexity index is 919.